The molecule has 0 unspecified atom stereocenters. The van der Waals surface area contributed by atoms with Gasteiger partial charge < -0.3 is 14.8 Å². The summed E-state index contributed by atoms with van der Waals surface area (Å²) in [6.45, 7) is 1.78. The monoisotopic (exact) mass is 294 g/mol. The smallest absolute Gasteiger partial charge is 0.360 e. The Morgan fingerprint density at radius 1 is 1.45 bits per heavy atom. The SMILES string of the molecule is COC(=O)c1nc(-c2ccc(Cl)cc2C)[nH]c(=O)c1O. The van der Waals surface area contributed by atoms with Crippen molar-refractivity contribution in [2.45, 2.75) is 6.92 Å². The lowest BCUT2D eigenvalue weighted by atomic mass is 10.1. The van der Waals surface area contributed by atoms with Crippen molar-refractivity contribution in [3.05, 3.63) is 44.8 Å². The van der Waals surface area contributed by atoms with Crippen molar-refractivity contribution in [3.8, 4) is 17.1 Å². The summed E-state index contributed by atoms with van der Waals surface area (Å²) >= 11 is 5.86. The third kappa shape index (κ3) is 2.50. The van der Waals surface area contributed by atoms with Crippen LogP contribution in [0.5, 0.6) is 5.75 Å². The van der Waals surface area contributed by atoms with Crippen LogP contribution in [-0.2, 0) is 4.74 Å². The summed E-state index contributed by atoms with van der Waals surface area (Å²) in [6.07, 6.45) is 0. The average Bonchev–Trinajstić information content (AvgIpc) is 2.41. The fourth-order valence-corrected chi connectivity index (χ4v) is 1.95. The Bertz CT molecular complexity index is 740. The zero-order chi connectivity index (χ0) is 14.9. The number of nitrogens with zero attached hydrogens (tertiary/aromatic N) is 1. The van der Waals surface area contributed by atoms with E-state index >= 15 is 0 Å². The Morgan fingerprint density at radius 3 is 2.75 bits per heavy atom. The Labute approximate surface area is 119 Å². The number of nitrogens with one attached hydrogen (secondary N) is 1. The molecule has 2 rings (SSSR count). The van der Waals surface area contributed by atoms with Gasteiger partial charge in [0.25, 0.3) is 5.56 Å². The molecule has 0 bridgehead atoms. The highest BCUT2D eigenvalue weighted by atomic mass is 35.5. The zero-order valence-electron chi connectivity index (χ0n) is 10.7. The number of aromatic hydroxyl groups is 1. The minimum Gasteiger partial charge on any atom is -0.501 e. The van der Waals surface area contributed by atoms with E-state index in [1.165, 1.54) is 0 Å². The Kier molecular flexibility index (Phi) is 3.76. The maximum Gasteiger partial charge on any atom is 0.360 e. The Hall–Kier alpha value is -2.34. The second kappa shape index (κ2) is 5.34. The molecule has 0 amide bonds. The molecule has 0 aliphatic heterocycles. The summed E-state index contributed by atoms with van der Waals surface area (Å²) in [4.78, 5) is 29.5. The van der Waals surface area contributed by atoms with E-state index in [1.54, 1.807) is 25.1 Å². The van der Waals surface area contributed by atoms with Crippen LogP contribution in [-0.4, -0.2) is 28.2 Å². The van der Waals surface area contributed by atoms with Crippen molar-refractivity contribution in [1.29, 1.82) is 0 Å². The first-order valence-electron chi connectivity index (χ1n) is 5.62. The maximum atomic E-state index is 11.7. The van der Waals surface area contributed by atoms with Crippen molar-refractivity contribution < 1.29 is 14.6 Å². The fourth-order valence-electron chi connectivity index (χ4n) is 1.73. The van der Waals surface area contributed by atoms with E-state index < -0.39 is 23.0 Å². The van der Waals surface area contributed by atoms with Crippen LogP contribution in [0.3, 0.4) is 0 Å². The van der Waals surface area contributed by atoms with Crippen LogP contribution < -0.4 is 5.56 Å². The van der Waals surface area contributed by atoms with Crippen LogP contribution in [0, 0.1) is 6.92 Å². The Morgan fingerprint density at radius 2 is 2.15 bits per heavy atom. The first-order chi connectivity index (χ1) is 9.43. The molecule has 1 heterocycles. The van der Waals surface area contributed by atoms with Gasteiger partial charge in [0.1, 0.15) is 5.82 Å². The second-order valence-corrected chi connectivity index (χ2v) is 4.50. The largest absolute Gasteiger partial charge is 0.501 e. The minimum atomic E-state index is -0.888. The summed E-state index contributed by atoms with van der Waals surface area (Å²) in [5.74, 6) is -1.50. The normalized spacial score (nSPS) is 10.3. The zero-order valence-corrected chi connectivity index (χ0v) is 11.5. The number of ether oxygens (including phenoxy) is 1. The minimum absolute atomic E-state index is 0.155. The number of aryl methyl sites for hydroxylation is 1. The lowest BCUT2D eigenvalue weighted by Crippen LogP contribution is -2.16. The van der Waals surface area contributed by atoms with Gasteiger partial charge in [-0.1, -0.05) is 11.6 Å². The highest BCUT2D eigenvalue weighted by Gasteiger charge is 2.19. The number of H-pyrrole nitrogens is 1. The van der Waals surface area contributed by atoms with Crippen LogP contribution in [0.2, 0.25) is 5.02 Å². The van der Waals surface area contributed by atoms with Gasteiger partial charge in [0.05, 0.1) is 7.11 Å². The number of aromatic amines is 1. The molecular weight excluding hydrogens is 284 g/mol. The van der Waals surface area contributed by atoms with Crippen LogP contribution in [0.4, 0.5) is 0 Å². The number of hydrogen-bond donors (Lipinski definition) is 2. The van der Waals surface area contributed by atoms with Gasteiger partial charge in [-0.3, -0.25) is 4.79 Å². The maximum absolute atomic E-state index is 11.7. The number of aromatic nitrogens is 2. The van der Waals surface area contributed by atoms with Crippen molar-refractivity contribution in [2.75, 3.05) is 7.11 Å². The lowest BCUT2D eigenvalue weighted by Gasteiger charge is -2.08. The highest BCUT2D eigenvalue weighted by Crippen LogP contribution is 2.24. The van der Waals surface area contributed by atoms with Crippen LogP contribution in [0.1, 0.15) is 16.1 Å². The molecule has 20 heavy (non-hydrogen) atoms. The molecule has 104 valence electrons. The molecule has 0 saturated heterocycles. The van der Waals surface area contributed by atoms with Crippen molar-refractivity contribution in [3.63, 3.8) is 0 Å². The number of halogens is 1. The summed E-state index contributed by atoms with van der Waals surface area (Å²) in [5, 5.41) is 10.1. The quantitative estimate of drug-likeness (QED) is 0.825. The number of esters is 1. The molecule has 0 fully saturated rings. The van der Waals surface area contributed by atoms with Crippen molar-refractivity contribution >= 4 is 17.6 Å². The molecule has 0 spiro atoms. The molecule has 1 aromatic carbocycles. The molecule has 7 heteroatoms. The number of carbonyl (C=O) groups excluding carboxylic acids is 1. The summed E-state index contributed by atoms with van der Waals surface area (Å²) in [6, 6.07) is 4.99. The molecule has 0 saturated carbocycles. The van der Waals surface area contributed by atoms with Gasteiger partial charge in [-0.2, -0.15) is 0 Å². The van der Waals surface area contributed by atoms with E-state index in [0.29, 0.717) is 10.6 Å². The van der Waals surface area contributed by atoms with Crippen LogP contribution in [0.15, 0.2) is 23.0 Å². The topological polar surface area (TPSA) is 92.3 Å². The van der Waals surface area contributed by atoms with Crippen LogP contribution >= 0.6 is 11.6 Å². The van der Waals surface area contributed by atoms with Gasteiger partial charge in [-0.25, -0.2) is 9.78 Å². The van der Waals surface area contributed by atoms with E-state index in [2.05, 4.69) is 14.7 Å². The first-order valence-corrected chi connectivity index (χ1v) is 6.00. The third-order valence-electron chi connectivity index (χ3n) is 2.72. The number of benzene rings is 1. The Balaban J connectivity index is 2.67. The van der Waals surface area contributed by atoms with E-state index in [9.17, 15) is 14.7 Å². The molecule has 2 N–H and O–H groups in total. The molecule has 6 nitrogen and oxygen atoms in total. The molecule has 2 aromatic rings. The summed E-state index contributed by atoms with van der Waals surface area (Å²) in [5.41, 5.74) is 0.115. The second-order valence-electron chi connectivity index (χ2n) is 4.06. The molecule has 0 aliphatic carbocycles. The molecule has 0 radical (unpaired) electrons. The molecule has 0 atom stereocenters. The van der Waals surface area contributed by atoms with Crippen molar-refractivity contribution in [1.82, 2.24) is 9.97 Å². The summed E-state index contributed by atoms with van der Waals surface area (Å²) in [7, 11) is 1.14. The number of hydrogen-bond acceptors (Lipinski definition) is 5. The van der Waals surface area contributed by atoms with Crippen LogP contribution in [0.25, 0.3) is 11.4 Å². The van der Waals surface area contributed by atoms with E-state index in [1.807, 2.05) is 0 Å². The van der Waals surface area contributed by atoms with Crippen molar-refractivity contribution in [2.24, 2.45) is 0 Å². The number of methoxy groups -OCH3 is 1. The van der Waals surface area contributed by atoms with Gasteiger partial charge >= 0.3 is 5.97 Å². The van der Waals surface area contributed by atoms with Gasteiger partial charge in [0.15, 0.2) is 5.69 Å². The first kappa shape index (κ1) is 14.1. The number of rotatable bonds is 2. The van der Waals surface area contributed by atoms with Gasteiger partial charge in [-0.15, -0.1) is 0 Å². The van der Waals surface area contributed by atoms with E-state index in [0.717, 1.165) is 12.7 Å². The predicted octanol–water partition coefficient (Wildman–Crippen LogP) is 1.89. The van der Waals surface area contributed by atoms with E-state index in [4.69, 9.17) is 11.6 Å². The highest BCUT2D eigenvalue weighted by molar-refractivity contribution is 6.30. The van der Waals surface area contributed by atoms with E-state index in [-0.39, 0.29) is 5.82 Å². The standard InChI is InChI=1S/C13H11ClN2O4/c1-6-5-7(14)3-4-8(6)11-15-9(13(19)20-2)10(17)12(18)16-11/h3-5,17H,1-2H3,(H,15,16,18). The predicted molar refractivity (Wildman–Crippen MR) is 73.0 cm³/mol. The lowest BCUT2D eigenvalue weighted by molar-refractivity contribution is 0.0590. The third-order valence-corrected chi connectivity index (χ3v) is 2.95. The number of carbonyl (C=O) groups is 1. The fraction of sp³-hybridized carbons (Fsp3) is 0.154. The van der Waals surface area contributed by atoms with Gasteiger partial charge in [0.2, 0.25) is 5.75 Å². The molecule has 0 aliphatic rings. The van der Waals surface area contributed by atoms with Gasteiger partial charge in [-0.05, 0) is 30.7 Å². The molecular formula is C13H11ClN2O4. The summed E-state index contributed by atoms with van der Waals surface area (Å²) < 4.78 is 4.48. The van der Waals surface area contributed by atoms with Gasteiger partial charge in [0, 0.05) is 10.6 Å². The molecule has 1 aromatic heterocycles. The average molecular weight is 295 g/mol.